The lowest BCUT2D eigenvalue weighted by atomic mass is 9.57. The molecule has 9 heteroatoms. The predicted molar refractivity (Wildman–Crippen MR) is 153 cm³/mol. The fraction of sp³-hybridized carbons (Fsp3) is 0.406. The summed E-state index contributed by atoms with van der Waals surface area (Å²) in [5.41, 5.74) is 0.0696. The molecule has 0 radical (unpaired) electrons. The zero-order valence-electron chi connectivity index (χ0n) is 24.1. The zero-order chi connectivity index (χ0) is 30.2. The number of rotatable bonds is 3. The molecule has 3 aliphatic rings. The van der Waals surface area contributed by atoms with E-state index in [9.17, 15) is 34.8 Å². The van der Waals surface area contributed by atoms with Gasteiger partial charge in [0.05, 0.1) is 11.6 Å². The van der Waals surface area contributed by atoms with Gasteiger partial charge in [-0.05, 0) is 66.6 Å². The number of nitrogens with zero attached hydrogens (tertiary/aromatic N) is 1. The number of aliphatic hydroxyl groups excluding tert-OH is 2. The number of Topliss-reactive ketones (excluding diaryl/α,β-unsaturated/α-hetero) is 2. The van der Waals surface area contributed by atoms with E-state index in [2.05, 4.69) is 26.1 Å². The number of fused-ring (bicyclic) bond motifs is 3. The molecule has 41 heavy (non-hydrogen) atoms. The maximum atomic E-state index is 14.1. The molecule has 1 amide bonds. The summed E-state index contributed by atoms with van der Waals surface area (Å²) in [4.78, 5) is 41.6. The molecule has 0 spiro atoms. The number of carbonyl (C=O) groups is 3. The standard InChI is InChI=1S/C32H36N2O7/c1-31(2,3)17-9-7-15(8-10-17)18-11-12-21(35)23-19(18)13-16-14-20-25(34(5)6)27(37)24(30(40)33-4)29(39)32(20,41)28(38)22(16)26(23)36/h7-12,16,20,25,35-36,39,41H,13-14H2,1-6H3,(H,33,40)/t16-,20-,25?,32-/m0/s1. The van der Waals surface area contributed by atoms with Crippen molar-refractivity contribution in [1.82, 2.24) is 10.2 Å². The Morgan fingerprint density at radius 2 is 1.66 bits per heavy atom. The Labute approximate surface area is 238 Å². The van der Waals surface area contributed by atoms with Crippen molar-refractivity contribution < 1.29 is 34.8 Å². The van der Waals surface area contributed by atoms with Gasteiger partial charge in [-0.3, -0.25) is 19.3 Å². The minimum atomic E-state index is -2.61. The van der Waals surface area contributed by atoms with Gasteiger partial charge in [0.2, 0.25) is 5.78 Å². The molecular weight excluding hydrogens is 524 g/mol. The Balaban J connectivity index is 1.70. The van der Waals surface area contributed by atoms with E-state index in [-0.39, 0.29) is 35.1 Å². The van der Waals surface area contributed by atoms with Crippen LogP contribution in [-0.2, 0) is 26.2 Å². The van der Waals surface area contributed by atoms with E-state index in [4.69, 9.17) is 0 Å². The number of aromatic hydroxyl groups is 1. The van der Waals surface area contributed by atoms with Gasteiger partial charge in [0.25, 0.3) is 5.91 Å². The van der Waals surface area contributed by atoms with Crippen molar-refractivity contribution >= 4 is 23.2 Å². The van der Waals surface area contributed by atoms with Gasteiger partial charge in [0, 0.05) is 18.5 Å². The number of hydrogen-bond acceptors (Lipinski definition) is 8. The maximum absolute atomic E-state index is 14.1. The topological polar surface area (TPSA) is 147 Å². The van der Waals surface area contributed by atoms with Gasteiger partial charge in [0.1, 0.15) is 22.8 Å². The number of phenolic OH excluding ortho intramolecular Hbond substituents is 1. The highest BCUT2D eigenvalue weighted by atomic mass is 16.3. The van der Waals surface area contributed by atoms with E-state index in [1.54, 1.807) is 20.2 Å². The van der Waals surface area contributed by atoms with Crippen LogP contribution in [0.2, 0.25) is 0 Å². The number of aliphatic hydroxyl groups is 3. The SMILES string of the molecule is CNC(=O)C1=C(O)[C@@]2(O)C(=O)C3=C(O)c4c(O)ccc(-c5ccc(C(C)(C)C)cc5)c4C[C@H]3C[C@H]2C(N(C)C)C1=O. The van der Waals surface area contributed by atoms with E-state index in [0.29, 0.717) is 5.56 Å². The summed E-state index contributed by atoms with van der Waals surface area (Å²) in [5.74, 6) is -6.02. The minimum Gasteiger partial charge on any atom is -0.508 e. The predicted octanol–water partition coefficient (Wildman–Crippen LogP) is 3.19. The van der Waals surface area contributed by atoms with E-state index in [0.717, 1.165) is 16.7 Å². The number of hydrogen-bond donors (Lipinski definition) is 5. The number of nitrogens with one attached hydrogen (secondary N) is 1. The first-order valence-corrected chi connectivity index (χ1v) is 13.7. The summed E-state index contributed by atoms with van der Waals surface area (Å²) >= 11 is 0. The zero-order valence-corrected chi connectivity index (χ0v) is 24.1. The molecule has 0 bridgehead atoms. The Bertz CT molecular complexity index is 1540. The fourth-order valence-corrected chi connectivity index (χ4v) is 6.77. The Morgan fingerprint density at radius 3 is 2.22 bits per heavy atom. The molecule has 0 aromatic heterocycles. The van der Waals surface area contributed by atoms with E-state index >= 15 is 0 Å². The highest BCUT2D eigenvalue weighted by Crippen LogP contribution is 2.53. The number of benzene rings is 2. The average Bonchev–Trinajstić information content (AvgIpc) is 2.90. The molecule has 1 saturated carbocycles. The lowest BCUT2D eigenvalue weighted by Crippen LogP contribution is -2.65. The van der Waals surface area contributed by atoms with Gasteiger partial charge in [-0.2, -0.15) is 0 Å². The van der Waals surface area contributed by atoms with Crippen LogP contribution in [-0.4, -0.2) is 75.6 Å². The number of amides is 1. The van der Waals surface area contributed by atoms with Crippen LogP contribution < -0.4 is 5.32 Å². The van der Waals surface area contributed by atoms with Crippen LogP contribution in [0.5, 0.6) is 5.75 Å². The van der Waals surface area contributed by atoms with E-state index in [1.165, 1.54) is 18.0 Å². The number of likely N-dealkylation sites (N-methyl/N-ethyl adjacent to an activating group) is 2. The second-order valence-electron chi connectivity index (χ2n) is 12.5. The van der Waals surface area contributed by atoms with E-state index < -0.39 is 58.0 Å². The van der Waals surface area contributed by atoms with Crippen molar-refractivity contribution in [2.45, 2.75) is 50.7 Å². The normalized spacial score (nSPS) is 26.1. The molecular formula is C32H36N2O7. The summed E-state index contributed by atoms with van der Waals surface area (Å²) in [5, 5.41) is 47.6. The first kappa shape index (κ1) is 28.6. The number of phenols is 1. The lowest BCUT2D eigenvalue weighted by Gasteiger charge is -2.50. The summed E-state index contributed by atoms with van der Waals surface area (Å²) in [6.07, 6.45) is 0.317. The largest absolute Gasteiger partial charge is 0.508 e. The molecule has 216 valence electrons. The van der Waals surface area contributed by atoms with Crippen LogP contribution in [0.15, 0.2) is 53.3 Å². The van der Waals surface area contributed by atoms with Gasteiger partial charge in [0.15, 0.2) is 11.4 Å². The number of carbonyl (C=O) groups excluding carboxylic acids is 3. The van der Waals surface area contributed by atoms with Crippen molar-refractivity contribution in [3.8, 4) is 16.9 Å². The molecule has 3 aliphatic carbocycles. The monoisotopic (exact) mass is 560 g/mol. The second kappa shape index (κ2) is 9.56. The van der Waals surface area contributed by atoms with Gasteiger partial charge in [-0.15, -0.1) is 0 Å². The van der Waals surface area contributed by atoms with Gasteiger partial charge < -0.3 is 25.7 Å². The smallest absolute Gasteiger partial charge is 0.258 e. The molecule has 0 heterocycles. The van der Waals surface area contributed by atoms with Crippen LogP contribution in [0.1, 0.15) is 43.9 Å². The van der Waals surface area contributed by atoms with Gasteiger partial charge in [-0.1, -0.05) is 51.1 Å². The fourth-order valence-electron chi connectivity index (χ4n) is 6.77. The van der Waals surface area contributed by atoms with Crippen LogP contribution in [0.3, 0.4) is 0 Å². The number of ketones is 2. The maximum Gasteiger partial charge on any atom is 0.258 e. The summed E-state index contributed by atoms with van der Waals surface area (Å²) in [7, 11) is 4.49. The van der Waals surface area contributed by atoms with E-state index in [1.807, 2.05) is 24.3 Å². The van der Waals surface area contributed by atoms with Crippen molar-refractivity contribution in [3.05, 3.63) is 70.0 Å². The van der Waals surface area contributed by atoms with Crippen LogP contribution >= 0.6 is 0 Å². The third-order valence-electron chi connectivity index (χ3n) is 8.87. The molecule has 1 fully saturated rings. The summed E-state index contributed by atoms with van der Waals surface area (Å²) in [6, 6.07) is 10.2. The Kier molecular flexibility index (Phi) is 6.67. The molecule has 5 N–H and O–H groups in total. The van der Waals surface area contributed by atoms with Crippen LogP contribution in [0.25, 0.3) is 16.9 Å². The highest BCUT2D eigenvalue weighted by molar-refractivity contribution is 6.25. The lowest BCUT2D eigenvalue weighted by molar-refractivity contribution is -0.153. The Morgan fingerprint density at radius 1 is 1.02 bits per heavy atom. The molecule has 9 nitrogen and oxygen atoms in total. The van der Waals surface area contributed by atoms with Crippen molar-refractivity contribution in [3.63, 3.8) is 0 Å². The molecule has 2 aromatic rings. The van der Waals surface area contributed by atoms with Crippen molar-refractivity contribution in [2.75, 3.05) is 21.1 Å². The summed E-state index contributed by atoms with van der Waals surface area (Å²) < 4.78 is 0. The molecule has 4 atom stereocenters. The highest BCUT2D eigenvalue weighted by Gasteiger charge is 2.64. The second-order valence-corrected chi connectivity index (χ2v) is 12.5. The average molecular weight is 561 g/mol. The molecule has 5 rings (SSSR count). The first-order chi connectivity index (χ1) is 19.1. The first-order valence-electron chi connectivity index (χ1n) is 13.7. The third kappa shape index (κ3) is 4.09. The van der Waals surface area contributed by atoms with Gasteiger partial charge >= 0.3 is 0 Å². The quantitative estimate of drug-likeness (QED) is 0.360. The van der Waals surface area contributed by atoms with Crippen molar-refractivity contribution in [1.29, 1.82) is 0 Å². The third-order valence-corrected chi connectivity index (χ3v) is 8.87. The minimum absolute atomic E-state index is 0.0415. The van der Waals surface area contributed by atoms with Crippen LogP contribution in [0.4, 0.5) is 0 Å². The van der Waals surface area contributed by atoms with Gasteiger partial charge in [-0.25, -0.2) is 0 Å². The molecule has 0 aliphatic heterocycles. The van der Waals surface area contributed by atoms with Crippen molar-refractivity contribution in [2.24, 2.45) is 11.8 Å². The molecule has 0 saturated heterocycles. The molecule has 2 aromatic carbocycles. The summed E-state index contributed by atoms with van der Waals surface area (Å²) in [6.45, 7) is 6.37. The Hall–Kier alpha value is -3.95. The van der Waals surface area contributed by atoms with Crippen LogP contribution in [0, 0.1) is 11.8 Å². The molecule has 1 unspecified atom stereocenters.